The number of hydrogen-bond donors (Lipinski definition) is 0. The summed E-state index contributed by atoms with van der Waals surface area (Å²) in [7, 11) is 0. The number of fused-ring (bicyclic) bond motifs is 3. The van der Waals surface area contributed by atoms with Gasteiger partial charge in [-0.05, 0) is 97.4 Å². The van der Waals surface area contributed by atoms with Gasteiger partial charge in [-0.25, -0.2) is 0 Å². The SMILES string of the molecule is CC[C@@H]1CC[C@@H]2c3ccc(C#Cc4ccc(OC(F)F)cc4)cc3CC[C@@H]2C1. The highest BCUT2D eigenvalue weighted by Gasteiger charge is 2.34. The van der Waals surface area contributed by atoms with E-state index in [-0.39, 0.29) is 5.75 Å². The van der Waals surface area contributed by atoms with Crippen molar-refractivity contribution in [2.24, 2.45) is 11.8 Å². The van der Waals surface area contributed by atoms with Gasteiger partial charge in [0.15, 0.2) is 0 Å². The number of hydrogen-bond acceptors (Lipinski definition) is 1. The van der Waals surface area contributed by atoms with E-state index in [1.54, 1.807) is 17.7 Å². The van der Waals surface area contributed by atoms with Crippen LogP contribution in [0.5, 0.6) is 5.75 Å². The van der Waals surface area contributed by atoms with Gasteiger partial charge in [0.25, 0.3) is 0 Å². The lowest BCUT2D eigenvalue weighted by molar-refractivity contribution is -0.0498. The highest BCUT2D eigenvalue weighted by molar-refractivity contribution is 5.48. The van der Waals surface area contributed by atoms with Crippen LogP contribution in [-0.2, 0) is 6.42 Å². The van der Waals surface area contributed by atoms with Gasteiger partial charge in [-0.1, -0.05) is 31.3 Å². The molecule has 146 valence electrons. The summed E-state index contributed by atoms with van der Waals surface area (Å²) in [5.41, 5.74) is 4.82. The molecular weight excluding hydrogens is 354 g/mol. The molecule has 2 aliphatic rings. The molecule has 0 aromatic heterocycles. The smallest absolute Gasteiger partial charge is 0.387 e. The predicted octanol–water partition coefficient (Wildman–Crippen LogP) is 6.54. The van der Waals surface area contributed by atoms with Crippen LogP contribution in [0.15, 0.2) is 42.5 Å². The van der Waals surface area contributed by atoms with Gasteiger partial charge in [0.2, 0.25) is 0 Å². The lowest BCUT2D eigenvalue weighted by Gasteiger charge is -2.40. The monoisotopic (exact) mass is 380 g/mol. The number of alkyl halides is 2. The minimum atomic E-state index is -2.80. The quantitative estimate of drug-likeness (QED) is 0.549. The molecule has 0 radical (unpaired) electrons. The molecule has 28 heavy (non-hydrogen) atoms. The first-order valence-electron chi connectivity index (χ1n) is 10.3. The summed E-state index contributed by atoms with van der Waals surface area (Å²) >= 11 is 0. The molecule has 0 aliphatic heterocycles. The fourth-order valence-corrected chi connectivity index (χ4v) is 4.93. The average Bonchev–Trinajstić information content (AvgIpc) is 2.72. The minimum absolute atomic E-state index is 0.154. The van der Waals surface area contributed by atoms with Gasteiger partial charge in [-0.2, -0.15) is 8.78 Å². The molecule has 2 aromatic rings. The highest BCUT2D eigenvalue weighted by Crippen LogP contribution is 2.47. The lowest BCUT2D eigenvalue weighted by Crippen LogP contribution is -2.27. The van der Waals surface area contributed by atoms with Crippen LogP contribution < -0.4 is 4.74 Å². The van der Waals surface area contributed by atoms with Gasteiger partial charge >= 0.3 is 6.61 Å². The normalized spacial score (nSPS) is 23.4. The topological polar surface area (TPSA) is 9.23 Å². The number of aryl methyl sites for hydroxylation is 1. The van der Waals surface area contributed by atoms with E-state index in [1.807, 2.05) is 0 Å². The average molecular weight is 380 g/mol. The molecule has 1 nitrogen and oxygen atoms in total. The summed E-state index contributed by atoms with van der Waals surface area (Å²) in [5.74, 6) is 9.01. The van der Waals surface area contributed by atoms with E-state index in [4.69, 9.17) is 0 Å². The van der Waals surface area contributed by atoms with Crippen molar-refractivity contribution in [2.75, 3.05) is 0 Å². The predicted molar refractivity (Wildman–Crippen MR) is 108 cm³/mol. The number of rotatable bonds is 3. The second-order valence-corrected chi connectivity index (χ2v) is 8.06. The molecule has 0 heterocycles. The van der Waals surface area contributed by atoms with Crippen LogP contribution >= 0.6 is 0 Å². The van der Waals surface area contributed by atoms with E-state index in [0.717, 1.165) is 35.3 Å². The van der Waals surface area contributed by atoms with Crippen LogP contribution in [0.3, 0.4) is 0 Å². The van der Waals surface area contributed by atoms with E-state index in [0.29, 0.717) is 0 Å². The first-order chi connectivity index (χ1) is 13.6. The zero-order valence-electron chi connectivity index (χ0n) is 16.3. The van der Waals surface area contributed by atoms with Gasteiger partial charge in [-0.3, -0.25) is 0 Å². The third-order valence-electron chi connectivity index (χ3n) is 6.43. The molecule has 0 bridgehead atoms. The van der Waals surface area contributed by atoms with Crippen molar-refractivity contribution in [1.29, 1.82) is 0 Å². The first kappa shape index (κ1) is 19.0. The molecule has 4 rings (SSSR count). The van der Waals surface area contributed by atoms with Crippen molar-refractivity contribution >= 4 is 0 Å². The third kappa shape index (κ3) is 4.22. The molecule has 0 saturated heterocycles. The van der Waals surface area contributed by atoms with Crippen molar-refractivity contribution in [2.45, 2.75) is 58.0 Å². The van der Waals surface area contributed by atoms with Crippen molar-refractivity contribution in [3.63, 3.8) is 0 Å². The molecule has 3 atom stereocenters. The Bertz CT molecular complexity index is 876. The fourth-order valence-electron chi connectivity index (χ4n) is 4.93. The summed E-state index contributed by atoms with van der Waals surface area (Å²) in [5, 5.41) is 0. The molecule has 1 saturated carbocycles. The molecule has 3 heteroatoms. The van der Waals surface area contributed by atoms with Crippen LogP contribution in [-0.4, -0.2) is 6.61 Å². The maximum atomic E-state index is 12.2. The Morgan fingerprint density at radius 2 is 1.75 bits per heavy atom. The Kier molecular flexibility index (Phi) is 5.67. The van der Waals surface area contributed by atoms with E-state index < -0.39 is 6.61 Å². The van der Waals surface area contributed by atoms with Crippen molar-refractivity contribution in [1.82, 2.24) is 0 Å². The first-order valence-corrected chi connectivity index (χ1v) is 10.3. The maximum absolute atomic E-state index is 12.2. The van der Waals surface area contributed by atoms with E-state index in [1.165, 1.54) is 49.8 Å². The Balaban J connectivity index is 1.48. The summed E-state index contributed by atoms with van der Waals surface area (Å²) in [6.07, 6.45) is 7.87. The van der Waals surface area contributed by atoms with Crippen LogP contribution in [0.25, 0.3) is 0 Å². The zero-order valence-corrected chi connectivity index (χ0v) is 16.3. The molecule has 1 fully saturated rings. The Labute approximate surface area is 166 Å². The van der Waals surface area contributed by atoms with Gasteiger partial charge in [0, 0.05) is 11.1 Å². The zero-order chi connectivity index (χ0) is 19.5. The second kappa shape index (κ2) is 8.35. The third-order valence-corrected chi connectivity index (χ3v) is 6.43. The van der Waals surface area contributed by atoms with Crippen molar-refractivity contribution in [3.8, 4) is 17.6 Å². The van der Waals surface area contributed by atoms with Crippen molar-refractivity contribution < 1.29 is 13.5 Å². The maximum Gasteiger partial charge on any atom is 0.387 e. The lowest BCUT2D eigenvalue weighted by atomic mass is 9.65. The standard InChI is InChI=1S/C25H26F2O/c1-2-17-7-13-23-20(15-17)9-10-21-16-19(8-14-24(21)23)4-3-18-5-11-22(12-6-18)28-25(26)27/h5-6,8,11-12,14,16-17,20,23,25H,2,7,9-10,13,15H2,1H3/t17-,20-,23+/m1/s1. The Morgan fingerprint density at radius 3 is 2.50 bits per heavy atom. The number of ether oxygens (including phenoxy) is 1. The summed E-state index contributed by atoms with van der Waals surface area (Å²) < 4.78 is 28.8. The summed E-state index contributed by atoms with van der Waals surface area (Å²) in [4.78, 5) is 0. The Hall–Kier alpha value is -2.34. The van der Waals surface area contributed by atoms with Crippen molar-refractivity contribution in [3.05, 3.63) is 64.7 Å². The molecule has 0 N–H and O–H groups in total. The molecular formula is C25H26F2O. The van der Waals surface area contributed by atoms with Crippen LogP contribution in [0.4, 0.5) is 8.78 Å². The van der Waals surface area contributed by atoms with Crippen LogP contribution in [0.2, 0.25) is 0 Å². The molecule has 0 unspecified atom stereocenters. The van der Waals surface area contributed by atoms with E-state index in [2.05, 4.69) is 41.7 Å². The largest absolute Gasteiger partial charge is 0.435 e. The second-order valence-electron chi connectivity index (χ2n) is 8.06. The number of benzene rings is 2. The van der Waals surface area contributed by atoms with Gasteiger partial charge in [0.05, 0.1) is 0 Å². The van der Waals surface area contributed by atoms with E-state index in [9.17, 15) is 8.78 Å². The fraction of sp³-hybridized carbons (Fsp3) is 0.440. The minimum Gasteiger partial charge on any atom is -0.435 e. The summed E-state index contributed by atoms with van der Waals surface area (Å²) in [6.45, 7) is -0.476. The van der Waals surface area contributed by atoms with Gasteiger partial charge in [0.1, 0.15) is 5.75 Å². The molecule has 2 aliphatic carbocycles. The van der Waals surface area contributed by atoms with Gasteiger partial charge in [-0.15, -0.1) is 0 Å². The highest BCUT2D eigenvalue weighted by atomic mass is 19.3. The molecule has 0 amide bonds. The Morgan fingerprint density at radius 1 is 1.00 bits per heavy atom. The van der Waals surface area contributed by atoms with Gasteiger partial charge < -0.3 is 4.74 Å². The van der Waals surface area contributed by atoms with Crippen LogP contribution in [0, 0.1) is 23.7 Å². The van der Waals surface area contributed by atoms with E-state index >= 15 is 0 Å². The van der Waals surface area contributed by atoms with Crippen LogP contribution in [0.1, 0.15) is 67.2 Å². The molecule has 2 aromatic carbocycles. The molecule has 0 spiro atoms. The number of halogens is 2. The summed E-state index contributed by atoms with van der Waals surface area (Å²) in [6, 6.07) is 13.1.